The summed E-state index contributed by atoms with van der Waals surface area (Å²) in [4.78, 5) is 15.9. The Kier molecular flexibility index (Phi) is 8.23. The topological polar surface area (TPSA) is 102 Å². The zero-order chi connectivity index (χ0) is 22.4. The Morgan fingerprint density at radius 3 is 2.65 bits per heavy atom. The Morgan fingerprint density at radius 2 is 2.00 bits per heavy atom. The smallest absolute Gasteiger partial charge is 0.339 e. The number of halogens is 1. The van der Waals surface area contributed by atoms with Crippen LogP contribution in [-0.2, 0) is 10.0 Å². The van der Waals surface area contributed by atoms with E-state index in [4.69, 9.17) is 4.74 Å². The van der Waals surface area contributed by atoms with Gasteiger partial charge in [-0.3, -0.25) is 9.29 Å². The number of carbonyl (C=O) groups is 1. The number of rotatable bonds is 9. The maximum absolute atomic E-state index is 13.5. The van der Waals surface area contributed by atoms with E-state index in [1.165, 1.54) is 22.5 Å². The van der Waals surface area contributed by atoms with Gasteiger partial charge in [0.15, 0.2) is 0 Å². The summed E-state index contributed by atoms with van der Waals surface area (Å²) in [5.74, 6) is -1.09. The molecule has 0 radical (unpaired) electrons. The quantitative estimate of drug-likeness (QED) is 0.557. The van der Waals surface area contributed by atoms with Gasteiger partial charge >= 0.3 is 5.97 Å². The summed E-state index contributed by atoms with van der Waals surface area (Å²) in [6.45, 7) is 6.60. The fraction of sp³-hybridized carbons (Fsp3) is 0.650. The molecule has 2 N–H and O–H groups in total. The molecule has 31 heavy (non-hydrogen) atoms. The van der Waals surface area contributed by atoms with Crippen LogP contribution >= 0.6 is 0 Å². The second kappa shape index (κ2) is 10.7. The molecule has 1 atom stereocenters. The third-order valence-corrected chi connectivity index (χ3v) is 7.59. The molecule has 1 aromatic carbocycles. The SMILES string of the molecule is CCOc1ccc(S(=O)(=O)N2CCNCC2N2CCN(CCCF)CC2)cc1C(=O)O. The number of piperazine rings is 2. The lowest BCUT2D eigenvalue weighted by molar-refractivity contribution is 0.0337. The molecule has 2 aliphatic heterocycles. The molecule has 0 aliphatic carbocycles. The van der Waals surface area contributed by atoms with Crippen molar-refractivity contribution < 1.29 is 27.4 Å². The molecule has 0 saturated carbocycles. The molecule has 1 aromatic rings. The van der Waals surface area contributed by atoms with Crippen LogP contribution in [0.25, 0.3) is 0 Å². The second-order valence-electron chi connectivity index (χ2n) is 7.62. The fourth-order valence-electron chi connectivity index (χ4n) is 4.08. The van der Waals surface area contributed by atoms with Crippen LogP contribution in [-0.4, -0.2) is 105 Å². The van der Waals surface area contributed by atoms with Crippen LogP contribution in [0.2, 0.25) is 0 Å². The number of ether oxygens (including phenoxy) is 1. The summed E-state index contributed by atoms with van der Waals surface area (Å²) in [5, 5.41) is 12.8. The maximum atomic E-state index is 13.5. The Bertz CT molecular complexity index is 861. The summed E-state index contributed by atoms with van der Waals surface area (Å²) < 4.78 is 46.2. The van der Waals surface area contributed by atoms with E-state index in [2.05, 4.69) is 15.1 Å². The summed E-state index contributed by atoms with van der Waals surface area (Å²) in [7, 11) is -3.91. The third-order valence-electron chi connectivity index (χ3n) is 5.69. The molecule has 0 bridgehead atoms. The van der Waals surface area contributed by atoms with Gasteiger partial charge in [0, 0.05) is 52.4 Å². The monoisotopic (exact) mass is 458 g/mol. The normalized spacial score (nSPS) is 21.8. The number of hydrogen-bond acceptors (Lipinski definition) is 7. The highest BCUT2D eigenvalue weighted by molar-refractivity contribution is 7.89. The first-order valence-corrected chi connectivity index (χ1v) is 12.1. The number of hydrogen-bond donors (Lipinski definition) is 2. The van der Waals surface area contributed by atoms with E-state index in [1.54, 1.807) is 6.92 Å². The number of carboxylic acids is 1. The van der Waals surface area contributed by atoms with E-state index in [-0.39, 0.29) is 35.7 Å². The zero-order valence-corrected chi connectivity index (χ0v) is 18.6. The molecule has 2 saturated heterocycles. The van der Waals surface area contributed by atoms with E-state index in [9.17, 15) is 22.7 Å². The summed E-state index contributed by atoms with van der Waals surface area (Å²) >= 11 is 0. The van der Waals surface area contributed by atoms with Crippen molar-refractivity contribution in [2.24, 2.45) is 0 Å². The fourth-order valence-corrected chi connectivity index (χ4v) is 5.72. The first-order valence-electron chi connectivity index (χ1n) is 10.6. The summed E-state index contributed by atoms with van der Waals surface area (Å²) in [6.07, 6.45) is 0.150. The van der Waals surface area contributed by atoms with Gasteiger partial charge in [-0.2, -0.15) is 4.31 Å². The van der Waals surface area contributed by atoms with Crippen LogP contribution in [0.3, 0.4) is 0 Å². The highest BCUT2D eigenvalue weighted by Gasteiger charge is 2.38. The standard InChI is InChI=1S/C20H31FN4O5S/c1-2-30-18-5-4-16(14-17(18)20(26)27)31(28,29)25-9-7-22-15-19(25)24-12-10-23(11-13-24)8-3-6-21/h4-5,14,19,22H,2-3,6-13,15H2,1H3,(H,26,27). The number of sulfonamides is 1. The van der Waals surface area contributed by atoms with Gasteiger partial charge < -0.3 is 20.1 Å². The second-order valence-corrected chi connectivity index (χ2v) is 9.51. The van der Waals surface area contributed by atoms with Crippen LogP contribution in [0.1, 0.15) is 23.7 Å². The molecule has 0 spiro atoms. The van der Waals surface area contributed by atoms with Gasteiger partial charge in [-0.1, -0.05) is 0 Å². The lowest BCUT2D eigenvalue weighted by Crippen LogP contribution is -2.63. The number of nitrogens with one attached hydrogen (secondary N) is 1. The molecule has 3 rings (SSSR count). The van der Waals surface area contributed by atoms with Gasteiger partial charge in [0.2, 0.25) is 10.0 Å². The van der Waals surface area contributed by atoms with E-state index >= 15 is 0 Å². The van der Waals surface area contributed by atoms with Gasteiger partial charge in [0.25, 0.3) is 0 Å². The van der Waals surface area contributed by atoms with E-state index < -0.39 is 16.0 Å². The predicted molar refractivity (Wildman–Crippen MR) is 114 cm³/mol. The minimum Gasteiger partial charge on any atom is -0.493 e. The van der Waals surface area contributed by atoms with Gasteiger partial charge in [-0.25, -0.2) is 13.2 Å². The van der Waals surface area contributed by atoms with Gasteiger partial charge in [0.1, 0.15) is 11.3 Å². The van der Waals surface area contributed by atoms with Gasteiger partial charge in [-0.15, -0.1) is 0 Å². The van der Waals surface area contributed by atoms with Crippen LogP contribution < -0.4 is 10.1 Å². The molecule has 9 nitrogen and oxygen atoms in total. The van der Waals surface area contributed by atoms with Crippen molar-refractivity contribution in [3.8, 4) is 5.75 Å². The first-order chi connectivity index (χ1) is 14.9. The van der Waals surface area contributed by atoms with E-state index in [1.807, 2.05) is 0 Å². The van der Waals surface area contributed by atoms with Crippen molar-refractivity contribution in [3.63, 3.8) is 0 Å². The van der Waals surface area contributed by atoms with Gasteiger partial charge in [-0.05, 0) is 31.5 Å². The molecule has 1 unspecified atom stereocenters. The zero-order valence-electron chi connectivity index (χ0n) is 17.8. The highest BCUT2D eigenvalue weighted by atomic mass is 32.2. The number of aromatic carboxylic acids is 1. The minimum absolute atomic E-state index is 0.0539. The van der Waals surface area contributed by atoms with Crippen molar-refractivity contribution in [2.75, 3.05) is 65.6 Å². The van der Waals surface area contributed by atoms with Crippen molar-refractivity contribution in [1.82, 2.24) is 19.4 Å². The average molecular weight is 459 g/mol. The molecule has 11 heteroatoms. The molecule has 2 aliphatic rings. The summed E-state index contributed by atoms with van der Waals surface area (Å²) in [6, 6.07) is 3.98. The Morgan fingerprint density at radius 1 is 1.26 bits per heavy atom. The van der Waals surface area contributed by atoms with Crippen molar-refractivity contribution in [2.45, 2.75) is 24.4 Å². The predicted octanol–water partition coefficient (Wildman–Crippen LogP) is 0.681. The van der Waals surface area contributed by atoms with Crippen molar-refractivity contribution in [1.29, 1.82) is 0 Å². The Balaban J connectivity index is 1.80. The third kappa shape index (κ3) is 5.53. The largest absolute Gasteiger partial charge is 0.493 e. The van der Waals surface area contributed by atoms with Gasteiger partial charge in [0.05, 0.1) is 24.3 Å². The average Bonchev–Trinajstić information content (AvgIpc) is 2.78. The summed E-state index contributed by atoms with van der Waals surface area (Å²) in [5.41, 5.74) is -0.170. The molecule has 174 valence electrons. The van der Waals surface area contributed by atoms with Crippen LogP contribution in [0.15, 0.2) is 23.1 Å². The minimum atomic E-state index is -3.91. The Labute approximate surface area is 182 Å². The number of alkyl halides is 1. The lowest BCUT2D eigenvalue weighted by Gasteiger charge is -2.45. The molecule has 0 aromatic heterocycles. The molecule has 0 amide bonds. The molecular weight excluding hydrogens is 427 g/mol. The van der Waals surface area contributed by atoms with Crippen LogP contribution in [0.4, 0.5) is 4.39 Å². The van der Waals surface area contributed by atoms with E-state index in [0.717, 1.165) is 13.1 Å². The number of nitrogens with zero attached hydrogens (tertiary/aromatic N) is 3. The molecule has 2 heterocycles. The van der Waals surface area contributed by atoms with E-state index in [0.29, 0.717) is 45.7 Å². The van der Waals surface area contributed by atoms with Crippen molar-refractivity contribution >= 4 is 16.0 Å². The van der Waals surface area contributed by atoms with Crippen LogP contribution in [0.5, 0.6) is 5.75 Å². The maximum Gasteiger partial charge on any atom is 0.339 e. The number of benzene rings is 1. The number of carboxylic acid groups (broad SMARTS) is 1. The van der Waals surface area contributed by atoms with Crippen molar-refractivity contribution in [3.05, 3.63) is 23.8 Å². The van der Waals surface area contributed by atoms with Crippen LogP contribution in [0, 0.1) is 0 Å². The molecular formula is C20H31FN4O5S. The first kappa shape index (κ1) is 23.9. The lowest BCUT2D eigenvalue weighted by atomic mass is 10.2. The Hall–Kier alpha value is -1.79. The highest BCUT2D eigenvalue weighted by Crippen LogP contribution is 2.27. The molecule has 2 fully saturated rings.